The van der Waals surface area contributed by atoms with Crippen LogP contribution >= 0.6 is 0 Å². The average Bonchev–Trinajstić information content (AvgIpc) is 2.66. The Morgan fingerprint density at radius 3 is 2.48 bits per heavy atom. The van der Waals surface area contributed by atoms with Gasteiger partial charge >= 0.3 is 0 Å². The number of hydrogen-bond acceptors (Lipinski definition) is 3. The first-order chi connectivity index (χ1) is 12.2. The van der Waals surface area contributed by atoms with Gasteiger partial charge in [-0.05, 0) is 40.6 Å². The van der Waals surface area contributed by atoms with Gasteiger partial charge in [-0.1, -0.05) is 42.5 Å². The number of fused-ring (bicyclic) bond motifs is 1. The highest BCUT2D eigenvalue weighted by atomic mass is 16.5. The van der Waals surface area contributed by atoms with Crippen LogP contribution in [0.15, 0.2) is 66.7 Å². The zero-order chi connectivity index (χ0) is 17.6. The lowest BCUT2D eigenvalue weighted by atomic mass is 10.0. The largest absolute Gasteiger partial charge is 0.497 e. The molecule has 0 radical (unpaired) electrons. The number of ether oxygens (including phenoxy) is 1. The molecule has 0 fully saturated rings. The maximum absolute atomic E-state index is 12.1. The van der Waals surface area contributed by atoms with Gasteiger partial charge in [-0.25, -0.2) is 0 Å². The van der Waals surface area contributed by atoms with Gasteiger partial charge in [-0.15, -0.1) is 0 Å². The SMILES string of the molecule is COc1ccc(C(=O)NC(=N)NCc2cccc3ccccc23)cc1. The zero-order valence-corrected chi connectivity index (χ0v) is 13.9. The van der Waals surface area contributed by atoms with Crippen LogP contribution in [0, 0.1) is 5.41 Å². The first-order valence-electron chi connectivity index (χ1n) is 7.92. The monoisotopic (exact) mass is 333 g/mol. The van der Waals surface area contributed by atoms with Crippen molar-refractivity contribution in [1.82, 2.24) is 10.6 Å². The molecule has 3 aromatic carbocycles. The average molecular weight is 333 g/mol. The topological polar surface area (TPSA) is 74.2 Å². The van der Waals surface area contributed by atoms with Crippen LogP contribution in [0.25, 0.3) is 10.8 Å². The molecule has 3 rings (SSSR count). The van der Waals surface area contributed by atoms with E-state index < -0.39 is 0 Å². The number of benzene rings is 3. The van der Waals surface area contributed by atoms with Crippen molar-refractivity contribution in [3.05, 3.63) is 77.9 Å². The molecule has 0 bridgehead atoms. The van der Waals surface area contributed by atoms with Gasteiger partial charge in [0.2, 0.25) is 0 Å². The highest BCUT2D eigenvalue weighted by molar-refractivity contribution is 6.04. The summed E-state index contributed by atoms with van der Waals surface area (Å²) in [5.74, 6) is 0.313. The van der Waals surface area contributed by atoms with E-state index in [0.717, 1.165) is 16.3 Å². The van der Waals surface area contributed by atoms with Crippen molar-refractivity contribution in [2.75, 3.05) is 7.11 Å². The van der Waals surface area contributed by atoms with Crippen LogP contribution in [0.5, 0.6) is 5.75 Å². The molecule has 0 aromatic heterocycles. The van der Waals surface area contributed by atoms with E-state index in [0.29, 0.717) is 17.9 Å². The molecular formula is C20H19N3O2. The predicted molar refractivity (Wildman–Crippen MR) is 99.0 cm³/mol. The van der Waals surface area contributed by atoms with E-state index in [1.165, 1.54) is 0 Å². The second kappa shape index (κ2) is 7.49. The van der Waals surface area contributed by atoms with Crippen molar-refractivity contribution in [2.24, 2.45) is 0 Å². The molecule has 0 aliphatic heterocycles. The number of rotatable bonds is 4. The molecule has 5 heteroatoms. The highest BCUT2D eigenvalue weighted by Crippen LogP contribution is 2.18. The first kappa shape index (κ1) is 16.5. The molecule has 3 aromatic rings. The van der Waals surface area contributed by atoms with E-state index in [1.807, 2.05) is 30.3 Å². The summed E-state index contributed by atoms with van der Waals surface area (Å²) in [6.45, 7) is 0.461. The minimum Gasteiger partial charge on any atom is -0.497 e. The quantitative estimate of drug-likeness (QED) is 0.506. The predicted octanol–water partition coefficient (Wildman–Crippen LogP) is 3.30. The number of carbonyl (C=O) groups excluding carboxylic acids is 1. The van der Waals surface area contributed by atoms with Crippen molar-refractivity contribution in [1.29, 1.82) is 5.41 Å². The summed E-state index contributed by atoms with van der Waals surface area (Å²) in [5.41, 5.74) is 1.54. The Morgan fingerprint density at radius 2 is 1.72 bits per heavy atom. The van der Waals surface area contributed by atoms with E-state index in [4.69, 9.17) is 10.1 Å². The van der Waals surface area contributed by atoms with Gasteiger partial charge < -0.3 is 10.1 Å². The van der Waals surface area contributed by atoms with Crippen LogP contribution in [-0.4, -0.2) is 19.0 Å². The Morgan fingerprint density at radius 1 is 1.00 bits per heavy atom. The molecule has 0 atom stereocenters. The molecule has 0 saturated heterocycles. The summed E-state index contributed by atoms with van der Waals surface area (Å²) in [5, 5.41) is 15.7. The molecule has 0 aliphatic carbocycles. The third kappa shape index (κ3) is 3.95. The Kier molecular flexibility index (Phi) is 4.95. The lowest BCUT2D eigenvalue weighted by molar-refractivity contribution is 0.0975. The molecule has 0 aliphatic rings. The Balaban J connectivity index is 1.61. The number of methoxy groups -OCH3 is 1. The van der Waals surface area contributed by atoms with Gasteiger partial charge in [0, 0.05) is 12.1 Å². The summed E-state index contributed by atoms with van der Waals surface area (Å²) in [4.78, 5) is 12.1. The third-order valence-corrected chi connectivity index (χ3v) is 3.93. The molecular weight excluding hydrogens is 314 g/mol. The van der Waals surface area contributed by atoms with Crippen LogP contribution < -0.4 is 15.4 Å². The van der Waals surface area contributed by atoms with Gasteiger partial charge in [-0.3, -0.25) is 15.5 Å². The summed E-state index contributed by atoms with van der Waals surface area (Å²) in [7, 11) is 1.57. The Labute approximate surface area is 146 Å². The van der Waals surface area contributed by atoms with E-state index >= 15 is 0 Å². The lowest BCUT2D eigenvalue weighted by Crippen LogP contribution is -2.39. The molecule has 126 valence electrons. The maximum Gasteiger partial charge on any atom is 0.257 e. The third-order valence-electron chi connectivity index (χ3n) is 3.93. The molecule has 0 spiro atoms. The Hall–Kier alpha value is -3.34. The van der Waals surface area contributed by atoms with Crippen LogP contribution in [0.4, 0.5) is 0 Å². The molecule has 0 heterocycles. The van der Waals surface area contributed by atoms with Crippen molar-refractivity contribution in [3.63, 3.8) is 0 Å². The summed E-state index contributed by atoms with van der Waals surface area (Å²) >= 11 is 0. The standard InChI is InChI=1S/C20H19N3O2/c1-25-17-11-9-15(10-12-17)19(24)23-20(21)22-13-16-7-4-6-14-5-2-3-8-18(14)16/h2-12H,13H2,1H3,(H3,21,22,23,24). The van der Waals surface area contributed by atoms with Crippen LogP contribution in [0.1, 0.15) is 15.9 Å². The van der Waals surface area contributed by atoms with Gasteiger partial charge in [-0.2, -0.15) is 0 Å². The van der Waals surface area contributed by atoms with Gasteiger partial charge in [0.15, 0.2) is 5.96 Å². The highest BCUT2D eigenvalue weighted by Gasteiger charge is 2.08. The van der Waals surface area contributed by atoms with Crippen LogP contribution in [0.3, 0.4) is 0 Å². The second-order valence-electron chi connectivity index (χ2n) is 5.55. The van der Waals surface area contributed by atoms with Crippen molar-refractivity contribution < 1.29 is 9.53 Å². The minimum atomic E-state index is -0.335. The summed E-state index contributed by atoms with van der Waals surface area (Å²) in [6, 6.07) is 20.9. The first-order valence-corrected chi connectivity index (χ1v) is 7.92. The number of hydrogen-bond donors (Lipinski definition) is 3. The molecule has 1 amide bonds. The summed E-state index contributed by atoms with van der Waals surface area (Å²) < 4.78 is 5.07. The smallest absolute Gasteiger partial charge is 0.257 e. The van der Waals surface area contributed by atoms with E-state index in [-0.39, 0.29) is 11.9 Å². The maximum atomic E-state index is 12.1. The van der Waals surface area contributed by atoms with Crippen LogP contribution in [-0.2, 0) is 6.54 Å². The fraction of sp³-hybridized carbons (Fsp3) is 0.100. The second-order valence-corrected chi connectivity index (χ2v) is 5.55. The molecule has 25 heavy (non-hydrogen) atoms. The fourth-order valence-corrected chi connectivity index (χ4v) is 2.60. The number of carbonyl (C=O) groups is 1. The molecule has 5 nitrogen and oxygen atoms in total. The normalized spacial score (nSPS) is 10.3. The van der Waals surface area contributed by atoms with E-state index in [2.05, 4.69) is 22.8 Å². The van der Waals surface area contributed by atoms with Gasteiger partial charge in [0.05, 0.1) is 7.11 Å². The molecule has 3 N–H and O–H groups in total. The van der Waals surface area contributed by atoms with E-state index in [9.17, 15) is 4.79 Å². The minimum absolute atomic E-state index is 0.0336. The zero-order valence-electron chi connectivity index (χ0n) is 13.9. The van der Waals surface area contributed by atoms with Crippen molar-refractivity contribution in [3.8, 4) is 5.75 Å². The Bertz CT molecular complexity index is 899. The number of amides is 1. The van der Waals surface area contributed by atoms with Gasteiger partial charge in [0.1, 0.15) is 5.75 Å². The van der Waals surface area contributed by atoms with Crippen molar-refractivity contribution in [2.45, 2.75) is 6.54 Å². The van der Waals surface area contributed by atoms with E-state index in [1.54, 1.807) is 31.4 Å². The summed E-state index contributed by atoms with van der Waals surface area (Å²) in [6.07, 6.45) is 0. The molecule has 0 unspecified atom stereocenters. The lowest BCUT2D eigenvalue weighted by Gasteiger charge is -2.11. The number of nitrogens with one attached hydrogen (secondary N) is 3. The number of guanidine groups is 1. The van der Waals surface area contributed by atoms with Crippen LogP contribution in [0.2, 0.25) is 0 Å². The fourth-order valence-electron chi connectivity index (χ4n) is 2.60. The van der Waals surface area contributed by atoms with Gasteiger partial charge in [0.25, 0.3) is 5.91 Å². The van der Waals surface area contributed by atoms with Crippen molar-refractivity contribution >= 4 is 22.6 Å². The molecule has 0 saturated carbocycles.